The molecule has 0 saturated heterocycles. The van der Waals surface area contributed by atoms with Crippen LogP contribution in [0.2, 0.25) is 0 Å². The number of ether oxygens (including phenoxy) is 1. The van der Waals surface area contributed by atoms with Crippen molar-refractivity contribution in [3.05, 3.63) is 107 Å². The van der Waals surface area contributed by atoms with Crippen LogP contribution < -0.4 is 4.74 Å². The van der Waals surface area contributed by atoms with Crippen molar-refractivity contribution in [2.45, 2.75) is 33.7 Å². The first-order valence-corrected chi connectivity index (χ1v) is 11.4. The largest absolute Gasteiger partial charge is 0.439 e. The average molecular weight is 458 g/mol. The molecule has 0 spiro atoms. The van der Waals surface area contributed by atoms with Gasteiger partial charge in [0.2, 0.25) is 5.88 Å². The Morgan fingerprint density at radius 1 is 1.00 bits per heavy atom. The summed E-state index contributed by atoms with van der Waals surface area (Å²) in [6.45, 7) is 6.83. The Labute approximate surface area is 199 Å². The fourth-order valence-electron chi connectivity index (χ4n) is 3.85. The van der Waals surface area contributed by atoms with Crippen LogP contribution in [0.5, 0.6) is 11.6 Å². The molecule has 174 valence electrons. The normalized spacial score (nSPS) is 10.8. The first-order valence-electron chi connectivity index (χ1n) is 11.4. The molecule has 5 nitrogen and oxygen atoms in total. The molecule has 0 saturated carbocycles. The number of aromatic nitrogens is 2. The van der Waals surface area contributed by atoms with Crippen LogP contribution in [-0.2, 0) is 6.54 Å². The minimum atomic E-state index is -0.368. The first kappa shape index (κ1) is 23.2. The zero-order valence-electron chi connectivity index (χ0n) is 19.7. The highest BCUT2D eigenvalue weighted by Crippen LogP contribution is 2.32. The second-order valence-corrected chi connectivity index (χ2v) is 8.27. The zero-order valence-corrected chi connectivity index (χ0v) is 19.7. The zero-order chi connectivity index (χ0) is 24.1. The summed E-state index contributed by atoms with van der Waals surface area (Å²) in [7, 11) is 0. The molecule has 0 aliphatic carbocycles. The molecule has 6 heteroatoms. The SMILES string of the molecule is CCCN(Cc1c(C)nn(-c2ccccc2)c1Oc1cccc(C)c1)C(=O)c1ccc(F)cc1. The van der Waals surface area contributed by atoms with Crippen molar-refractivity contribution in [2.24, 2.45) is 0 Å². The molecule has 0 N–H and O–H groups in total. The molecule has 3 aromatic carbocycles. The smallest absolute Gasteiger partial charge is 0.254 e. The summed E-state index contributed by atoms with van der Waals surface area (Å²) in [6.07, 6.45) is 0.785. The lowest BCUT2D eigenvalue weighted by Gasteiger charge is -2.23. The molecular weight excluding hydrogens is 429 g/mol. The van der Waals surface area contributed by atoms with E-state index in [1.165, 1.54) is 24.3 Å². The summed E-state index contributed by atoms with van der Waals surface area (Å²) < 4.78 is 21.6. The van der Waals surface area contributed by atoms with E-state index in [9.17, 15) is 9.18 Å². The maximum absolute atomic E-state index is 13.4. The van der Waals surface area contributed by atoms with Crippen LogP contribution in [0.25, 0.3) is 5.69 Å². The van der Waals surface area contributed by atoms with Gasteiger partial charge in [-0.25, -0.2) is 9.07 Å². The Kier molecular flexibility index (Phi) is 7.07. The van der Waals surface area contributed by atoms with Crippen molar-refractivity contribution in [3.8, 4) is 17.3 Å². The lowest BCUT2D eigenvalue weighted by atomic mass is 10.1. The first-order chi connectivity index (χ1) is 16.5. The second-order valence-electron chi connectivity index (χ2n) is 8.27. The Bertz CT molecular complexity index is 1270. The molecule has 0 unspecified atom stereocenters. The maximum atomic E-state index is 13.4. The molecule has 4 rings (SSSR count). The number of benzene rings is 3. The molecule has 4 aromatic rings. The minimum absolute atomic E-state index is 0.157. The summed E-state index contributed by atoms with van der Waals surface area (Å²) in [5.41, 5.74) is 4.00. The summed E-state index contributed by atoms with van der Waals surface area (Å²) in [6, 6.07) is 23.3. The lowest BCUT2D eigenvalue weighted by molar-refractivity contribution is 0.0742. The van der Waals surface area contributed by atoms with Gasteiger partial charge in [-0.1, -0.05) is 37.3 Å². The van der Waals surface area contributed by atoms with Crippen LogP contribution in [0.1, 0.15) is 40.5 Å². The van der Waals surface area contributed by atoms with Crippen LogP contribution in [0.4, 0.5) is 4.39 Å². The number of hydrogen-bond acceptors (Lipinski definition) is 3. The van der Waals surface area contributed by atoms with Gasteiger partial charge in [0, 0.05) is 12.1 Å². The molecule has 0 aliphatic heterocycles. The number of amides is 1. The van der Waals surface area contributed by atoms with Gasteiger partial charge in [0.05, 0.1) is 23.5 Å². The van der Waals surface area contributed by atoms with E-state index in [4.69, 9.17) is 9.84 Å². The number of para-hydroxylation sites is 1. The summed E-state index contributed by atoms with van der Waals surface area (Å²) in [4.78, 5) is 15.0. The minimum Gasteiger partial charge on any atom is -0.439 e. The van der Waals surface area contributed by atoms with E-state index in [-0.39, 0.29) is 11.7 Å². The number of rotatable bonds is 8. The number of halogens is 1. The van der Waals surface area contributed by atoms with Crippen LogP contribution in [0, 0.1) is 19.7 Å². The van der Waals surface area contributed by atoms with Gasteiger partial charge in [-0.15, -0.1) is 0 Å². The van der Waals surface area contributed by atoms with Crippen LogP contribution in [0.15, 0.2) is 78.9 Å². The van der Waals surface area contributed by atoms with Crippen molar-refractivity contribution in [1.82, 2.24) is 14.7 Å². The van der Waals surface area contributed by atoms with E-state index in [1.54, 1.807) is 9.58 Å². The lowest BCUT2D eigenvalue weighted by Crippen LogP contribution is -2.31. The highest BCUT2D eigenvalue weighted by atomic mass is 19.1. The van der Waals surface area contributed by atoms with Crippen molar-refractivity contribution < 1.29 is 13.9 Å². The molecular formula is C28H28FN3O2. The van der Waals surface area contributed by atoms with E-state index in [0.717, 1.165) is 28.9 Å². The van der Waals surface area contributed by atoms with Crippen molar-refractivity contribution in [3.63, 3.8) is 0 Å². The van der Waals surface area contributed by atoms with E-state index in [2.05, 4.69) is 0 Å². The maximum Gasteiger partial charge on any atom is 0.254 e. The highest BCUT2D eigenvalue weighted by Gasteiger charge is 2.24. The predicted molar refractivity (Wildman–Crippen MR) is 131 cm³/mol. The molecule has 1 heterocycles. The third kappa shape index (κ3) is 5.17. The van der Waals surface area contributed by atoms with Gasteiger partial charge in [-0.05, 0) is 74.4 Å². The van der Waals surface area contributed by atoms with Gasteiger partial charge in [0.1, 0.15) is 11.6 Å². The Morgan fingerprint density at radius 3 is 2.41 bits per heavy atom. The Hall–Kier alpha value is -3.93. The quantitative estimate of drug-likeness (QED) is 0.305. The summed E-state index contributed by atoms with van der Waals surface area (Å²) in [5.74, 6) is 0.746. The summed E-state index contributed by atoms with van der Waals surface area (Å²) >= 11 is 0. The van der Waals surface area contributed by atoms with Gasteiger partial charge in [-0.2, -0.15) is 5.10 Å². The van der Waals surface area contributed by atoms with Crippen LogP contribution in [-0.4, -0.2) is 27.1 Å². The average Bonchev–Trinajstić information content (AvgIpc) is 3.14. The molecule has 0 fully saturated rings. The van der Waals surface area contributed by atoms with Crippen molar-refractivity contribution in [1.29, 1.82) is 0 Å². The number of carbonyl (C=O) groups excluding carboxylic acids is 1. The number of carbonyl (C=O) groups is 1. The van der Waals surface area contributed by atoms with E-state index in [0.29, 0.717) is 30.3 Å². The van der Waals surface area contributed by atoms with Crippen molar-refractivity contribution in [2.75, 3.05) is 6.54 Å². The third-order valence-corrected chi connectivity index (χ3v) is 5.56. The van der Waals surface area contributed by atoms with Crippen LogP contribution in [0.3, 0.4) is 0 Å². The fraction of sp³-hybridized carbons (Fsp3) is 0.214. The highest BCUT2D eigenvalue weighted by molar-refractivity contribution is 5.94. The van der Waals surface area contributed by atoms with Gasteiger partial charge in [-0.3, -0.25) is 4.79 Å². The topological polar surface area (TPSA) is 47.4 Å². The van der Waals surface area contributed by atoms with Gasteiger partial charge in [0.15, 0.2) is 0 Å². The van der Waals surface area contributed by atoms with Gasteiger partial charge in [0.25, 0.3) is 5.91 Å². The van der Waals surface area contributed by atoms with Crippen molar-refractivity contribution >= 4 is 5.91 Å². The third-order valence-electron chi connectivity index (χ3n) is 5.56. The Morgan fingerprint density at radius 2 is 1.74 bits per heavy atom. The van der Waals surface area contributed by atoms with Crippen LogP contribution >= 0.6 is 0 Å². The Balaban J connectivity index is 1.75. The summed E-state index contributed by atoms with van der Waals surface area (Å²) in [5, 5.41) is 4.76. The molecule has 34 heavy (non-hydrogen) atoms. The molecule has 1 amide bonds. The molecule has 0 atom stereocenters. The molecule has 0 aliphatic rings. The number of hydrogen-bond donors (Lipinski definition) is 0. The van der Waals surface area contributed by atoms with E-state index in [1.807, 2.05) is 75.4 Å². The van der Waals surface area contributed by atoms with E-state index < -0.39 is 0 Å². The van der Waals surface area contributed by atoms with Gasteiger partial charge < -0.3 is 9.64 Å². The van der Waals surface area contributed by atoms with E-state index >= 15 is 0 Å². The predicted octanol–water partition coefficient (Wildman–Crippen LogP) is 6.47. The monoisotopic (exact) mass is 457 g/mol. The second kappa shape index (κ2) is 10.3. The number of aryl methyl sites for hydroxylation is 2. The standard InChI is InChI=1S/C28H28FN3O2/c1-4-17-31(27(33)22-13-15-23(29)16-14-22)19-26-21(3)30-32(24-10-6-5-7-11-24)28(26)34-25-12-8-9-20(2)18-25/h5-16,18H,4,17,19H2,1-3H3. The number of nitrogens with zero attached hydrogens (tertiary/aromatic N) is 3. The molecule has 0 radical (unpaired) electrons. The molecule has 0 bridgehead atoms. The fourth-order valence-corrected chi connectivity index (χ4v) is 3.85. The van der Waals surface area contributed by atoms with Gasteiger partial charge >= 0.3 is 0 Å². The molecule has 1 aromatic heterocycles.